The number of nitrogens with zero attached hydrogens (tertiary/aromatic N) is 2. The molecule has 6 nitrogen and oxygen atoms in total. The first-order valence-electron chi connectivity index (χ1n) is 10.0. The van der Waals surface area contributed by atoms with E-state index in [4.69, 9.17) is 9.47 Å². The summed E-state index contributed by atoms with van der Waals surface area (Å²) in [4.78, 5) is 27.8. The van der Waals surface area contributed by atoms with Crippen LogP contribution in [0.25, 0.3) is 11.8 Å². The van der Waals surface area contributed by atoms with Crippen LogP contribution in [0.2, 0.25) is 0 Å². The minimum atomic E-state index is -0.279. The van der Waals surface area contributed by atoms with Crippen LogP contribution in [0.1, 0.15) is 18.1 Å². The van der Waals surface area contributed by atoms with Crippen LogP contribution in [-0.4, -0.2) is 36.1 Å². The summed E-state index contributed by atoms with van der Waals surface area (Å²) in [5.41, 5.74) is 1.71. The lowest BCUT2D eigenvalue weighted by Crippen LogP contribution is -2.34. The van der Waals surface area contributed by atoms with E-state index in [1.54, 1.807) is 55.7 Å². The molecule has 0 radical (unpaired) electrons. The lowest BCUT2D eigenvalue weighted by Gasteiger charge is -2.23. The number of pyridine rings is 1. The Morgan fingerprint density at radius 2 is 1.68 bits per heavy atom. The number of carbonyl (C=O) groups excluding carboxylic acids is 1. The Bertz CT molecular complexity index is 1120. The van der Waals surface area contributed by atoms with Crippen molar-refractivity contribution in [1.82, 2.24) is 9.47 Å². The topological polar surface area (TPSA) is 60.8 Å². The molecule has 0 aliphatic carbocycles. The summed E-state index contributed by atoms with van der Waals surface area (Å²) < 4.78 is 12.0. The Balaban J connectivity index is 2.06. The van der Waals surface area contributed by atoms with E-state index in [-0.39, 0.29) is 17.2 Å². The van der Waals surface area contributed by atoms with Gasteiger partial charge in [-0.3, -0.25) is 14.2 Å². The van der Waals surface area contributed by atoms with Gasteiger partial charge in [-0.15, -0.1) is 0 Å². The Morgan fingerprint density at radius 3 is 2.32 bits per heavy atom. The van der Waals surface area contributed by atoms with Gasteiger partial charge in [0, 0.05) is 25.4 Å². The van der Waals surface area contributed by atoms with Crippen molar-refractivity contribution in [2.75, 3.05) is 20.8 Å². The SMILES string of the molecule is CCN(Cc1ccccc1)C(=O)C(=Cc1ccc(OC)c(OC)c1)n1ccccc1=O. The molecule has 0 bridgehead atoms. The van der Waals surface area contributed by atoms with Crippen LogP contribution in [0.3, 0.4) is 0 Å². The zero-order valence-electron chi connectivity index (χ0n) is 17.9. The van der Waals surface area contributed by atoms with E-state index in [9.17, 15) is 9.59 Å². The maximum atomic E-state index is 13.6. The number of hydrogen-bond acceptors (Lipinski definition) is 4. The highest BCUT2D eigenvalue weighted by molar-refractivity contribution is 6.18. The first kappa shape index (κ1) is 21.9. The number of aromatic nitrogens is 1. The zero-order valence-corrected chi connectivity index (χ0v) is 17.9. The molecule has 3 aromatic rings. The molecule has 1 heterocycles. The Labute approximate surface area is 182 Å². The highest BCUT2D eigenvalue weighted by Gasteiger charge is 2.20. The van der Waals surface area contributed by atoms with Crippen molar-refractivity contribution in [1.29, 1.82) is 0 Å². The third kappa shape index (κ3) is 5.22. The molecule has 0 saturated heterocycles. The maximum absolute atomic E-state index is 13.6. The summed E-state index contributed by atoms with van der Waals surface area (Å²) in [6, 6.07) is 19.9. The van der Waals surface area contributed by atoms with E-state index in [1.807, 2.05) is 43.3 Å². The smallest absolute Gasteiger partial charge is 0.271 e. The van der Waals surface area contributed by atoms with E-state index < -0.39 is 0 Å². The molecule has 0 N–H and O–H groups in total. The number of hydrogen-bond donors (Lipinski definition) is 0. The summed E-state index contributed by atoms with van der Waals surface area (Å²) in [5.74, 6) is 0.887. The van der Waals surface area contributed by atoms with Crippen molar-refractivity contribution in [2.24, 2.45) is 0 Å². The molecule has 2 aromatic carbocycles. The van der Waals surface area contributed by atoms with Gasteiger partial charge in [0.05, 0.1) is 14.2 Å². The average molecular weight is 418 g/mol. The highest BCUT2D eigenvalue weighted by atomic mass is 16.5. The number of methoxy groups -OCH3 is 2. The van der Waals surface area contributed by atoms with Crippen LogP contribution >= 0.6 is 0 Å². The monoisotopic (exact) mass is 418 g/mol. The summed E-state index contributed by atoms with van der Waals surface area (Å²) in [7, 11) is 3.12. The predicted molar refractivity (Wildman–Crippen MR) is 122 cm³/mol. The summed E-state index contributed by atoms with van der Waals surface area (Å²) in [5, 5.41) is 0. The highest BCUT2D eigenvalue weighted by Crippen LogP contribution is 2.29. The predicted octanol–water partition coefficient (Wildman–Crippen LogP) is 3.91. The van der Waals surface area contributed by atoms with Crippen molar-refractivity contribution >= 4 is 17.7 Å². The minimum absolute atomic E-state index is 0.241. The Hall–Kier alpha value is -3.80. The van der Waals surface area contributed by atoms with E-state index >= 15 is 0 Å². The second-order valence-electron chi connectivity index (χ2n) is 6.86. The molecule has 0 atom stereocenters. The number of likely N-dealkylation sites (N-methyl/N-ethyl adjacent to an activating group) is 1. The molecule has 1 aromatic heterocycles. The molecule has 6 heteroatoms. The lowest BCUT2D eigenvalue weighted by molar-refractivity contribution is -0.125. The molecule has 0 saturated carbocycles. The molecule has 0 aliphatic heterocycles. The summed E-state index contributed by atoms with van der Waals surface area (Å²) >= 11 is 0. The molecule has 0 spiro atoms. The van der Waals surface area contributed by atoms with Gasteiger partial charge in [-0.05, 0) is 42.3 Å². The third-order valence-electron chi connectivity index (χ3n) is 4.90. The number of carbonyl (C=O) groups is 1. The minimum Gasteiger partial charge on any atom is -0.493 e. The third-order valence-corrected chi connectivity index (χ3v) is 4.90. The molecular weight excluding hydrogens is 392 g/mol. The van der Waals surface area contributed by atoms with Crippen LogP contribution in [-0.2, 0) is 11.3 Å². The molecule has 31 heavy (non-hydrogen) atoms. The largest absolute Gasteiger partial charge is 0.493 e. The number of ether oxygens (including phenoxy) is 2. The average Bonchev–Trinajstić information content (AvgIpc) is 2.81. The summed E-state index contributed by atoms with van der Waals surface area (Å²) in [6.07, 6.45) is 3.29. The molecule has 0 unspecified atom stereocenters. The van der Waals surface area contributed by atoms with Gasteiger partial charge < -0.3 is 14.4 Å². The van der Waals surface area contributed by atoms with Crippen LogP contribution in [0.15, 0.2) is 77.7 Å². The standard InChI is InChI=1S/C25H26N2O4/c1-4-26(18-19-10-6-5-7-11-19)25(29)21(27-15-9-8-12-24(27)28)16-20-13-14-22(30-2)23(17-20)31-3/h5-17H,4,18H2,1-3H3. The second kappa shape index (κ2) is 10.3. The van der Waals surface area contributed by atoms with Crippen molar-refractivity contribution < 1.29 is 14.3 Å². The first-order chi connectivity index (χ1) is 15.1. The quantitative estimate of drug-likeness (QED) is 0.521. The van der Waals surface area contributed by atoms with Crippen molar-refractivity contribution in [2.45, 2.75) is 13.5 Å². The normalized spacial score (nSPS) is 11.1. The van der Waals surface area contributed by atoms with Crippen LogP contribution < -0.4 is 15.0 Å². The Kier molecular flexibility index (Phi) is 7.27. The van der Waals surface area contributed by atoms with Gasteiger partial charge in [-0.1, -0.05) is 42.5 Å². The zero-order chi connectivity index (χ0) is 22.2. The molecule has 160 valence electrons. The van der Waals surface area contributed by atoms with Gasteiger partial charge in [0.25, 0.3) is 11.5 Å². The van der Waals surface area contributed by atoms with Crippen LogP contribution in [0.5, 0.6) is 11.5 Å². The van der Waals surface area contributed by atoms with E-state index in [2.05, 4.69) is 0 Å². The van der Waals surface area contributed by atoms with Crippen molar-refractivity contribution in [3.63, 3.8) is 0 Å². The van der Waals surface area contributed by atoms with Crippen molar-refractivity contribution in [3.8, 4) is 11.5 Å². The summed E-state index contributed by atoms with van der Waals surface area (Å²) in [6.45, 7) is 2.86. The fourth-order valence-electron chi connectivity index (χ4n) is 3.25. The molecule has 1 amide bonds. The van der Waals surface area contributed by atoms with E-state index in [0.29, 0.717) is 30.2 Å². The fourth-order valence-corrected chi connectivity index (χ4v) is 3.25. The first-order valence-corrected chi connectivity index (χ1v) is 10.0. The van der Waals surface area contributed by atoms with E-state index in [0.717, 1.165) is 5.56 Å². The molecule has 3 rings (SSSR count). The number of amides is 1. The van der Waals surface area contributed by atoms with Crippen molar-refractivity contribution in [3.05, 3.63) is 94.4 Å². The van der Waals surface area contributed by atoms with Gasteiger partial charge in [0.15, 0.2) is 11.5 Å². The van der Waals surface area contributed by atoms with E-state index in [1.165, 1.54) is 10.6 Å². The number of rotatable bonds is 8. The van der Waals surface area contributed by atoms with Gasteiger partial charge in [-0.2, -0.15) is 0 Å². The fraction of sp³-hybridized carbons (Fsp3) is 0.200. The molecule has 0 aliphatic rings. The second-order valence-corrected chi connectivity index (χ2v) is 6.86. The van der Waals surface area contributed by atoms with Gasteiger partial charge >= 0.3 is 0 Å². The maximum Gasteiger partial charge on any atom is 0.271 e. The Morgan fingerprint density at radius 1 is 0.968 bits per heavy atom. The lowest BCUT2D eigenvalue weighted by atomic mass is 10.1. The van der Waals surface area contributed by atoms with Crippen LogP contribution in [0, 0.1) is 0 Å². The molecule has 0 fully saturated rings. The van der Waals surface area contributed by atoms with Gasteiger partial charge in [-0.25, -0.2) is 0 Å². The molecular formula is C25H26N2O4. The van der Waals surface area contributed by atoms with Gasteiger partial charge in [0.2, 0.25) is 0 Å². The van der Waals surface area contributed by atoms with Gasteiger partial charge in [0.1, 0.15) is 5.70 Å². The van der Waals surface area contributed by atoms with Crippen LogP contribution in [0.4, 0.5) is 0 Å². The number of benzene rings is 2.